The summed E-state index contributed by atoms with van der Waals surface area (Å²) in [6.45, 7) is 2.81. The average Bonchev–Trinajstić information content (AvgIpc) is 3.10. The Bertz CT molecular complexity index is 1490. The van der Waals surface area contributed by atoms with Crippen LogP contribution in [0.2, 0.25) is 0 Å². The molecule has 4 N–H and O–H groups in total. The van der Waals surface area contributed by atoms with E-state index in [0.29, 0.717) is 41.1 Å². The molecule has 0 spiro atoms. The van der Waals surface area contributed by atoms with Crippen LogP contribution in [0.15, 0.2) is 125 Å². The molecule has 11 heteroatoms. The summed E-state index contributed by atoms with van der Waals surface area (Å²) >= 11 is 10.7. The minimum atomic E-state index is -2.07. The number of ether oxygens (including phenoxy) is 2. The normalized spacial score (nSPS) is 11.8. The van der Waals surface area contributed by atoms with Gasteiger partial charge in [0.1, 0.15) is 34.6 Å². The summed E-state index contributed by atoms with van der Waals surface area (Å²) in [6, 6.07) is 39.5. The number of hydrazone groups is 2. The van der Waals surface area contributed by atoms with Gasteiger partial charge in [-0.25, -0.2) is 0 Å². The standard InChI is InChI=1S/C34H37N6O2PS2/c1-26(32(38-39-33(44)35-2)27-19-21-28(41-3)22-20-27)37-40-34(45)36-23-24-42-25-43(29-13-7-4-8-14-29,30-15-9-5-10-16-30)31-17-11-6-12-18-31/h4-22H,23-25H2,1-3H3,(H3-,35,36,37,38,39,40,44,45)/p+1. The molecule has 0 amide bonds. The first kappa shape index (κ1) is 33.7. The summed E-state index contributed by atoms with van der Waals surface area (Å²) in [5.41, 5.74) is 7.78. The summed E-state index contributed by atoms with van der Waals surface area (Å²) < 4.78 is 11.7. The summed E-state index contributed by atoms with van der Waals surface area (Å²) in [6.07, 6.45) is 0.563. The number of methoxy groups -OCH3 is 1. The third-order valence-electron chi connectivity index (χ3n) is 6.94. The molecule has 0 aliphatic rings. The van der Waals surface area contributed by atoms with E-state index in [-0.39, 0.29) is 0 Å². The maximum atomic E-state index is 6.43. The molecule has 0 aliphatic heterocycles. The van der Waals surface area contributed by atoms with E-state index >= 15 is 0 Å². The van der Waals surface area contributed by atoms with Gasteiger partial charge in [-0.05, 0) is 92.0 Å². The van der Waals surface area contributed by atoms with Crippen molar-refractivity contribution in [3.63, 3.8) is 0 Å². The van der Waals surface area contributed by atoms with E-state index in [1.54, 1.807) is 14.2 Å². The van der Waals surface area contributed by atoms with Crippen LogP contribution in [-0.2, 0) is 4.74 Å². The minimum absolute atomic E-state index is 0.376. The van der Waals surface area contributed by atoms with E-state index in [9.17, 15) is 0 Å². The number of hydrogen-bond acceptors (Lipinski definition) is 6. The molecule has 0 radical (unpaired) electrons. The summed E-state index contributed by atoms with van der Waals surface area (Å²) in [7, 11) is 1.28. The zero-order valence-electron chi connectivity index (χ0n) is 25.6. The minimum Gasteiger partial charge on any atom is -0.497 e. The predicted molar refractivity (Wildman–Crippen MR) is 197 cm³/mol. The van der Waals surface area contributed by atoms with Crippen molar-refractivity contribution in [1.29, 1.82) is 0 Å². The van der Waals surface area contributed by atoms with Crippen molar-refractivity contribution in [3.8, 4) is 5.75 Å². The Balaban J connectivity index is 1.41. The van der Waals surface area contributed by atoms with Crippen LogP contribution in [0.5, 0.6) is 5.75 Å². The largest absolute Gasteiger partial charge is 0.497 e. The molecule has 0 aromatic heterocycles. The van der Waals surface area contributed by atoms with E-state index in [2.05, 4.69) is 123 Å². The van der Waals surface area contributed by atoms with Crippen molar-refractivity contribution in [3.05, 3.63) is 121 Å². The molecule has 4 aromatic rings. The molecule has 45 heavy (non-hydrogen) atoms. The number of nitrogens with one attached hydrogen (secondary N) is 4. The van der Waals surface area contributed by atoms with Crippen LogP contribution in [0.25, 0.3) is 0 Å². The summed E-state index contributed by atoms with van der Waals surface area (Å²) in [5, 5.41) is 19.5. The van der Waals surface area contributed by atoms with Crippen LogP contribution < -0.4 is 42.1 Å². The second kappa shape index (κ2) is 17.3. The van der Waals surface area contributed by atoms with E-state index in [4.69, 9.17) is 33.9 Å². The van der Waals surface area contributed by atoms with E-state index in [1.165, 1.54) is 15.9 Å². The van der Waals surface area contributed by atoms with Crippen molar-refractivity contribution in [2.45, 2.75) is 6.92 Å². The lowest BCUT2D eigenvalue weighted by molar-refractivity contribution is 0.185. The molecule has 0 heterocycles. The third kappa shape index (κ3) is 9.15. The number of nitrogens with zero attached hydrogens (tertiary/aromatic N) is 2. The highest BCUT2D eigenvalue weighted by atomic mass is 32.1. The molecule has 0 fully saturated rings. The zero-order valence-corrected chi connectivity index (χ0v) is 28.1. The van der Waals surface area contributed by atoms with E-state index < -0.39 is 7.26 Å². The molecule has 0 bridgehead atoms. The van der Waals surface area contributed by atoms with Crippen molar-refractivity contribution < 1.29 is 9.47 Å². The average molecular weight is 658 g/mol. The van der Waals surface area contributed by atoms with Crippen molar-refractivity contribution in [2.75, 3.05) is 33.7 Å². The molecule has 0 saturated carbocycles. The van der Waals surface area contributed by atoms with Gasteiger partial charge in [-0.15, -0.1) is 0 Å². The molecule has 0 saturated heterocycles. The first-order valence-electron chi connectivity index (χ1n) is 14.4. The first-order valence-corrected chi connectivity index (χ1v) is 17.2. The molecule has 232 valence electrons. The van der Waals surface area contributed by atoms with Gasteiger partial charge in [0.15, 0.2) is 16.6 Å². The van der Waals surface area contributed by atoms with Gasteiger partial charge >= 0.3 is 0 Å². The fourth-order valence-electron chi connectivity index (χ4n) is 4.65. The monoisotopic (exact) mass is 657 g/mol. The lowest BCUT2D eigenvalue weighted by Crippen LogP contribution is -2.37. The van der Waals surface area contributed by atoms with Gasteiger partial charge < -0.3 is 20.1 Å². The van der Waals surface area contributed by atoms with E-state index in [0.717, 1.165) is 11.3 Å². The second-order valence-corrected chi connectivity index (χ2v) is 14.0. The lowest BCUT2D eigenvalue weighted by Gasteiger charge is -2.27. The molecular weight excluding hydrogens is 620 g/mol. The maximum Gasteiger partial charge on any atom is 0.187 e. The van der Waals surface area contributed by atoms with Crippen molar-refractivity contribution in [2.24, 2.45) is 10.2 Å². The van der Waals surface area contributed by atoms with Gasteiger partial charge in [-0.3, -0.25) is 10.9 Å². The highest BCUT2D eigenvalue weighted by Crippen LogP contribution is 2.55. The fraction of sp³-hybridized carbons (Fsp3) is 0.176. The second-order valence-electron chi connectivity index (χ2n) is 9.80. The topological polar surface area (TPSA) is 91.3 Å². The maximum absolute atomic E-state index is 6.43. The highest BCUT2D eigenvalue weighted by Gasteiger charge is 2.45. The number of hydrogen-bond donors (Lipinski definition) is 4. The van der Waals surface area contributed by atoms with Gasteiger partial charge in [0, 0.05) is 19.2 Å². The molecule has 4 aromatic carbocycles. The quantitative estimate of drug-likeness (QED) is 0.0557. The first-order chi connectivity index (χ1) is 22.0. The molecule has 0 aliphatic carbocycles. The Morgan fingerprint density at radius 2 is 1.22 bits per heavy atom. The van der Waals surface area contributed by atoms with Crippen LogP contribution >= 0.6 is 31.7 Å². The smallest absolute Gasteiger partial charge is 0.187 e. The van der Waals surface area contributed by atoms with Crippen molar-refractivity contribution in [1.82, 2.24) is 21.5 Å². The summed E-state index contributed by atoms with van der Waals surface area (Å²) in [4.78, 5) is 0. The van der Waals surface area contributed by atoms with Gasteiger partial charge in [0.05, 0.1) is 19.4 Å². The van der Waals surface area contributed by atoms with Crippen LogP contribution in [0.4, 0.5) is 0 Å². The summed E-state index contributed by atoms with van der Waals surface area (Å²) in [5.74, 6) is 0.743. The number of thiocarbonyl (C=S) groups is 2. The van der Waals surface area contributed by atoms with Gasteiger partial charge in [-0.1, -0.05) is 54.6 Å². The SMILES string of the molecule is CNC(=S)N/N=C(/C(C)=N/NC(=S)NCCOC[P+](c1ccccc1)(c1ccccc1)c1ccccc1)c1ccc(OC)cc1. The Morgan fingerprint density at radius 3 is 1.71 bits per heavy atom. The van der Waals surface area contributed by atoms with Gasteiger partial charge in [-0.2, -0.15) is 10.2 Å². The highest BCUT2D eigenvalue weighted by molar-refractivity contribution is 7.95. The van der Waals surface area contributed by atoms with Gasteiger partial charge in [0.2, 0.25) is 0 Å². The predicted octanol–water partition coefficient (Wildman–Crippen LogP) is 4.30. The number of benzene rings is 4. The van der Waals surface area contributed by atoms with Crippen LogP contribution in [-0.4, -0.2) is 55.3 Å². The van der Waals surface area contributed by atoms with Gasteiger partial charge in [0.25, 0.3) is 0 Å². The van der Waals surface area contributed by atoms with Crippen LogP contribution in [0.1, 0.15) is 12.5 Å². The Labute approximate surface area is 276 Å². The Kier molecular flexibility index (Phi) is 13.0. The Morgan fingerprint density at radius 1 is 0.711 bits per heavy atom. The molecule has 0 unspecified atom stereocenters. The van der Waals surface area contributed by atoms with Crippen molar-refractivity contribution >= 4 is 69.3 Å². The Hall–Kier alpha value is -4.21. The molecule has 4 rings (SSSR count). The van der Waals surface area contributed by atoms with E-state index in [1.807, 2.05) is 31.2 Å². The lowest BCUT2D eigenvalue weighted by atomic mass is 10.1. The fourth-order valence-corrected chi connectivity index (χ4v) is 8.63. The van der Waals surface area contributed by atoms with Crippen LogP contribution in [0.3, 0.4) is 0 Å². The third-order valence-corrected chi connectivity index (χ3v) is 11.6. The van der Waals surface area contributed by atoms with Crippen LogP contribution in [0, 0.1) is 0 Å². The number of rotatable bonds is 13. The molecular formula is C34H38N6O2PS2+. The molecule has 8 nitrogen and oxygen atoms in total. The zero-order chi connectivity index (χ0) is 31.9. The molecule has 0 atom stereocenters.